The van der Waals surface area contributed by atoms with E-state index >= 15 is 0 Å². The summed E-state index contributed by atoms with van der Waals surface area (Å²) in [6, 6.07) is 0. The zero-order valence-corrected chi connectivity index (χ0v) is 9.75. The van der Waals surface area contributed by atoms with Crippen LogP contribution >= 0.6 is 0 Å². The molecule has 3 heteroatoms. The van der Waals surface area contributed by atoms with Crippen molar-refractivity contribution in [2.45, 2.75) is 26.4 Å². The van der Waals surface area contributed by atoms with Gasteiger partial charge in [0.1, 0.15) is 0 Å². The van der Waals surface area contributed by atoms with Gasteiger partial charge in [-0.25, -0.2) is 0 Å². The van der Waals surface area contributed by atoms with Crippen molar-refractivity contribution in [3.63, 3.8) is 0 Å². The van der Waals surface area contributed by atoms with Crippen molar-refractivity contribution in [1.82, 2.24) is 10.2 Å². The van der Waals surface area contributed by atoms with Gasteiger partial charge in [0.25, 0.3) is 0 Å². The van der Waals surface area contributed by atoms with Gasteiger partial charge in [-0.3, -0.25) is 0 Å². The molecule has 0 aliphatic carbocycles. The molecule has 2 atom stereocenters. The topological polar surface area (TPSA) is 24.5 Å². The Morgan fingerprint density at radius 3 is 2.86 bits per heavy atom. The lowest BCUT2D eigenvalue weighted by Crippen LogP contribution is -2.36. The van der Waals surface area contributed by atoms with Crippen LogP contribution in [0.15, 0.2) is 0 Å². The average Bonchev–Trinajstić information content (AvgIpc) is 2.52. The molecular weight excluding hydrogens is 176 g/mol. The molecule has 1 aliphatic heterocycles. The van der Waals surface area contributed by atoms with Crippen LogP contribution in [0, 0.1) is 5.92 Å². The molecule has 14 heavy (non-hydrogen) atoms. The Hall–Kier alpha value is -0.120. The van der Waals surface area contributed by atoms with Crippen molar-refractivity contribution >= 4 is 0 Å². The molecule has 0 bridgehead atoms. The molecule has 3 nitrogen and oxygen atoms in total. The average molecular weight is 200 g/mol. The molecule has 1 rings (SSSR count). The number of nitrogens with zero attached hydrogens (tertiary/aromatic N) is 1. The predicted molar refractivity (Wildman–Crippen MR) is 59.6 cm³/mol. The first-order valence-corrected chi connectivity index (χ1v) is 5.75. The molecule has 1 N–H and O–H groups in total. The Balaban J connectivity index is 2.09. The quantitative estimate of drug-likeness (QED) is 0.646. The monoisotopic (exact) mass is 200 g/mol. The third-order valence-corrected chi connectivity index (χ3v) is 2.95. The van der Waals surface area contributed by atoms with Gasteiger partial charge in [-0.1, -0.05) is 13.8 Å². The third kappa shape index (κ3) is 3.95. The number of ether oxygens (including phenoxy) is 1. The molecule has 1 saturated heterocycles. The Morgan fingerprint density at radius 1 is 1.50 bits per heavy atom. The zero-order valence-electron chi connectivity index (χ0n) is 9.75. The van der Waals surface area contributed by atoms with Crippen LogP contribution in [0.4, 0.5) is 0 Å². The first-order valence-electron chi connectivity index (χ1n) is 5.75. The van der Waals surface area contributed by atoms with E-state index in [2.05, 4.69) is 31.1 Å². The summed E-state index contributed by atoms with van der Waals surface area (Å²) in [5.74, 6) is 0.733. The summed E-state index contributed by atoms with van der Waals surface area (Å²) in [5, 5.41) is 3.33. The zero-order chi connectivity index (χ0) is 10.4. The Labute approximate surface area is 87.8 Å². The van der Waals surface area contributed by atoms with Gasteiger partial charge in [-0.05, 0) is 25.9 Å². The van der Waals surface area contributed by atoms with Crippen LogP contribution in [-0.4, -0.2) is 50.8 Å². The standard InChI is InChI=1S/C11H24N2O/c1-4-12-6-7-13(3)9-11-10(2)5-8-14-11/h10-12H,4-9H2,1-3H3. The van der Waals surface area contributed by atoms with Crippen molar-refractivity contribution in [2.24, 2.45) is 5.92 Å². The minimum Gasteiger partial charge on any atom is -0.377 e. The fraction of sp³-hybridized carbons (Fsp3) is 1.00. The lowest BCUT2D eigenvalue weighted by molar-refractivity contribution is 0.0653. The molecule has 0 spiro atoms. The molecule has 1 fully saturated rings. The molecule has 0 aromatic heterocycles. The van der Waals surface area contributed by atoms with Gasteiger partial charge in [0.15, 0.2) is 0 Å². The van der Waals surface area contributed by atoms with E-state index in [0.717, 1.165) is 38.7 Å². The smallest absolute Gasteiger partial charge is 0.0728 e. The number of likely N-dealkylation sites (N-methyl/N-ethyl adjacent to an activating group) is 2. The summed E-state index contributed by atoms with van der Waals surface area (Å²) >= 11 is 0. The highest BCUT2D eigenvalue weighted by Crippen LogP contribution is 2.20. The normalized spacial score (nSPS) is 27.4. The van der Waals surface area contributed by atoms with Crippen LogP contribution < -0.4 is 5.32 Å². The highest BCUT2D eigenvalue weighted by Gasteiger charge is 2.24. The van der Waals surface area contributed by atoms with Crippen molar-refractivity contribution in [3.05, 3.63) is 0 Å². The van der Waals surface area contributed by atoms with Crippen molar-refractivity contribution in [2.75, 3.05) is 39.8 Å². The van der Waals surface area contributed by atoms with E-state index in [4.69, 9.17) is 4.74 Å². The van der Waals surface area contributed by atoms with Crippen molar-refractivity contribution in [1.29, 1.82) is 0 Å². The lowest BCUT2D eigenvalue weighted by atomic mass is 10.0. The summed E-state index contributed by atoms with van der Waals surface area (Å²) in [5.41, 5.74) is 0. The lowest BCUT2D eigenvalue weighted by Gasteiger charge is -2.22. The Morgan fingerprint density at radius 2 is 2.29 bits per heavy atom. The highest BCUT2D eigenvalue weighted by atomic mass is 16.5. The molecule has 0 saturated carbocycles. The van der Waals surface area contributed by atoms with E-state index in [1.54, 1.807) is 0 Å². The summed E-state index contributed by atoms with van der Waals surface area (Å²) < 4.78 is 5.68. The predicted octanol–water partition coefficient (Wildman–Crippen LogP) is 0.953. The molecule has 2 unspecified atom stereocenters. The molecule has 0 aromatic rings. The maximum absolute atomic E-state index is 5.68. The first-order chi connectivity index (χ1) is 6.74. The van der Waals surface area contributed by atoms with Gasteiger partial charge in [-0.2, -0.15) is 0 Å². The van der Waals surface area contributed by atoms with Gasteiger partial charge in [0.05, 0.1) is 6.10 Å². The van der Waals surface area contributed by atoms with Crippen LogP contribution in [0.3, 0.4) is 0 Å². The van der Waals surface area contributed by atoms with Gasteiger partial charge in [0.2, 0.25) is 0 Å². The largest absolute Gasteiger partial charge is 0.377 e. The Bertz CT molecular complexity index is 152. The molecule has 84 valence electrons. The van der Waals surface area contributed by atoms with Crippen LogP contribution in [-0.2, 0) is 4.74 Å². The number of rotatable bonds is 6. The number of hydrogen-bond acceptors (Lipinski definition) is 3. The molecular formula is C11H24N2O. The molecule has 0 amide bonds. The van der Waals surface area contributed by atoms with E-state index in [1.807, 2.05) is 0 Å². The fourth-order valence-corrected chi connectivity index (χ4v) is 1.83. The van der Waals surface area contributed by atoms with E-state index < -0.39 is 0 Å². The summed E-state index contributed by atoms with van der Waals surface area (Å²) in [6.07, 6.45) is 1.69. The molecule has 0 aromatic carbocycles. The number of hydrogen-bond donors (Lipinski definition) is 1. The highest BCUT2D eigenvalue weighted by molar-refractivity contribution is 4.75. The van der Waals surface area contributed by atoms with Crippen LogP contribution in [0.5, 0.6) is 0 Å². The fourth-order valence-electron chi connectivity index (χ4n) is 1.83. The minimum atomic E-state index is 0.460. The van der Waals surface area contributed by atoms with Crippen LogP contribution in [0.25, 0.3) is 0 Å². The molecule has 1 heterocycles. The Kier molecular flexibility index (Phi) is 5.45. The van der Waals surface area contributed by atoms with Crippen molar-refractivity contribution in [3.8, 4) is 0 Å². The van der Waals surface area contributed by atoms with E-state index in [-0.39, 0.29) is 0 Å². The second-order valence-corrected chi connectivity index (χ2v) is 4.29. The van der Waals surface area contributed by atoms with Gasteiger partial charge in [-0.15, -0.1) is 0 Å². The SMILES string of the molecule is CCNCCN(C)CC1OCCC1C. The van der Waals surface area contributed by atoms with Gasteiger partial charge in [0, 0.05) is 26.2 Å². The first kappa shape index (κ1) is 12.0. The number of nitrogens with one attached hydrogen (secondary N) is 1. The van der Waals surface area contributed by atoms with Gasteiger partial charge >= 0.3 is 0 Å². The van der Waals surface area contributed by atoms with Crippen LogP contribution in [0.1, 0.15) is 20.3 Å². The minimum absolute atomic E-state index is 0.460. The van der Waals surface area contributed by atoms with E-state index in [9.17, 15) is 0 Å². The second kappa shape index (κ2) is 6.38. The van der Waals surface area contributed by atoms with Crippen LogP contribution in [0.2, 0.25) is 0 Å². The maximum Gasteiger partial charge on any atom is 0.0728 e. The van der Waals surface area contributed by atoms with E-state index in [0.29, 0.717) is 6.10 Å². The third-order valence-electron chi connectivity index (χ3n) is 2.95. The summed E-state index contributed by atoms with van der Waals surface area (Å²) in [4.78, 5) is 2.36. The second-order valence-electron chi connectivity index (χ2n) is 4.29. The maximum atomic E-state index is 5.68. The molecule has 1 aliphatic rings. The summed E-state index contributed by atoms with van der Waals surface area (Å²) in [6.45, 7) is 9.70. The van der Waals surface area contributed by atoms with Crippen molar-refractivity contribution < 1.29 is 4.74 Å². The summed E-state index contributed by atoms with van der Waals surface area (Å²) in [7, 11) is 2.17. The van der Waals surface area contributed by atoms with E-state index in [1.165, 1.54) is 6.42 Å². The van der Waals surface area contributed by atoms with Gasteiger partial charge < -0.3 is 15.0 Å². The molecule has 0 radical (unpaired) electrons.